The summed E-state index contributed by atoms with van der Waals surface area (Å²) in [5, 5.41) is 5.93. The van der Waals surface area contributed by atoms with Crippen LogP contribution in [0.4, 0.5) is 4.39 Å². The summed E-state index contributed by atoms with van der Waals surface area (Å²) in [5.74, 6) is -0.0176. The van der Waals surface area contributed by atoms with Crippen LogP contribution in [0.25, 0.3) is 0 Å². The summed E-state index contributed by atoms with van der Waals surface area (Å²) in [7, 11) is 0. The molecule has 1 aliphatic rings. The molecule has 0 bridgehead atoms. The number of hydrogen-bond acceptors (Lipinski definition) is 2. The van der Waals surface area contributed by atoms with Crippen LogP contribution in [-0.4, -0.2) is 18.4 Å². The number of amides is 2. The van der Waals surface area contributed by atoms with Crippen LogP contribution in [0.3, 0.4) is 0 Å². The molecule has 0 aliphatic heterocycles. The number of hydrogen-bond donors (Lipinski definition) is 2. The van der Waals surface area contributed by atoms with Gasteiger partial charge in [-0.15, -0.1) is 0 Å². The summed E-state index contributed by atoms with van der Waals surface area (Å²) in [5.41, 5.74) is 0.941. The lowest BCUT2D eigenvalue weighted by molar-refractivity contribution is -0.124. The van der Waals surface area contributed by atoms with Gasteiger partial charge < -0.3 is 10.6 Å². The molecule has 1 aliphatic carbocycles. The summed E-state index contributed by atoms with van der Waals surface area (Å²) in [6.45, 7) is 6.87. The number of rotatable bonds is 8. The molecule has 138 valence electrons. The fourth-order valence-corrected chi connectivity index (χ4v) is 2.78. The fraction of sp³-hybridized carbons (Fsp3) is 0.600. The van der Waals surface area contributed by atoms with Gasteiger partial charge in [0.25, 0.3) is 0 Å². The third kappa shape index (κ3) is 7.24. The van der Waals surface area contributed by atoms with E-state index in [-0.39, 0.29) is 35.0 Å². The van der Waals surface area contributed by atoms with E-state index in [0.29, 0.717) is 19.4 Å². The Bertz CT molecular complexity index is 589. The number of carbonyl (C=O) groups is 2. The molecule has 2 rings (SSSR count). The second-order valence-electron chi connectivity index (χ2n) is 8.11. The maximum atomic E-state index is 13.2. The van der Waals surface area contributed by atoms with E-state index >= 15 is 0 Å². The van der Waals surface area contributed by atoms with Crippen molar-refractivity contribution in [1.29, 1.82) is 0 Å². The number of nitrogens with one attached hydrogen (secondary N) is 2. The van der Waals surface area contributed by atoms with Gasteiger partial charge in [0.2, 0.25) is 11.8 Å². The first-order chi connectivity index (χ1) is 11.7. The van der Waals surface area contributed by atoms with Crippen molar-refractivity contribution < 1.29 is 14.0 Å². The molecule has 0 radical (unpaired) electrons. The van der Waals surface area contributed by atoms with E-state index < -0.39 is 0 Å². The first-order valence-corrected chi connectivity index (χ1v) is 9.07. The van der Waals surface area contributed by atoms with E-state index in [4.69, 9.17) is 0 Å². The zero-order valence-electron chi connectivity index (χ0n) is 15.4. The Labute approximate surface area is 149 Å². The largest absolute Gasteiger partial charge is 0.356 e. The molecule has 0 unspecified atom stereocenters. The van der Waals surface area contributed by atoms with Crippen LogP contribution in [0.2, 0.25) is 0 Å². The molecule has 0 heterocycles. The molecule has 0 spiro atoms. The summed E-state index contributed by atoms with van der Waals surface area (Å²) < 4.78 is 13.2. The molecular weight excluding hydrogens is 319 g/mol. The SMILES string of the molecule is CC(C)(C)C[C@H](NC(=O)CCCNC(=O)C1CC1)c1ccc(F)cc1. The highest BCUT2D eigenvalue weighted by atomic mass is 19.1. The fourth-order valence-electron chi connectivity index (χ4n) is 2.78. The van der Waals surface area contributed by atoms with E-state index in [0.717, 1.165) is 24.8 Å². The third-order valence-corrected chi connectivity index (χ3v) is 4.25. The highest BCUT2D eigenvalue weighted by Gasteiger charge is 2.29. The average Bonchev–Trinajstić information content (AvgIpc) is 3.35. The van der Waals surface area contributed by atoms with Crippen molar-refractivity contribution in [3.05, 3.63) is 35.6 Å². The summed E-state index contributed by atoms with van der Waals surface area (Å²) in [6.07, 6.45) is 3.72. The quantitative estimate of drug-likeness (QED) is 0.703. The van der Waals surface area contributed by atoms with Crippen LogP contribution in [0.5, 0.6) is 0 Å². The van der Waals surface area contributed by atoms with Gasteiger partial charge in [-0.1, -0.05) is 32.9 Å². The summed E-state index contributed by atoms with van der Waals surface area (Å²) in [6, 6.07) is 6.15. The predicted molar refractivity (Wildman–Crippen MR) is 96.3 cm³/mol. The molecule has 1 aromatic carbocycles. The Morgan fingerprint density at radius 3 is 2.40 bits per heavy atom. The molecule has 1 atom stereocenters. The van der Waals surface area contributed by atoms with Gasteiger partial charge in [-0.05, 0) is 48.8 Å². The van der Waals surface area contributed by atoms with E-state index in [2.05, 4.69) is 31.4 Å². The van der Waals surface area contributed by atoms with Crippen molar-refractivity contribution in [3.63, 3.8) is 0 Å². The predicted octanol–water partition coefficient (Wildman–Crippen LogP) is 3.73. The molecular formula is C20H29FN2O2. The lowest BCUT2D eigenvalue weighted by atomic mass is 9.85. The van der Waals surface area contributed by atoms with E-state index in [1.165, 1.54) is 12.1 Å². The molecule has 1 aromatic rings. The Hall–Kier alpha value is -1.91. The molecule has 0 aromatic heterocycles. The van der Waals surface area contributed by atoms with Crippen LogP contribution in [-0.2, 0) is 9.59 Å². The van der Waals surface area contributed by atoms with Crippen molar-refractivity contribution in [2.24, 2.45) is 11.3 Å². The van der Waals surface area contributed by atoms with Crippen LogP contribution < -0.4 is 10.6 Å². The van der Waals surface area contributed by atoms with E-state index in [1.807, 2.05) is 0 Å². The van der Waals surface area contributed by atoms with Gasteiger partial charge in [-0.3, -0.25) is 9.59 Å². The lowest BCUT2D eigenvalue weighted by Crippen LogP contribution is -2.32. The molecule has 1 saturated carbocycles. The van der Waals surface area contributed by atoms with Crippen molar-refractivity contribution in [2.75, 3.05) is 6.54 Å². The standard InChI is InChI=1S/C20H29FN2O2/c1-20(2,3)13-17(14-8-10-16(21)11-9-14)23-18(24)5-4-12-22-19(25)15-6-7-15/h8-11,15,17H,4-7,12-13H2,1-3H3,(H,22,25)(H,23,24)/t17-/m0/s1. The van der Waals surface area contributed by atoms with E-state index in [9.17, 15) is 14.0 Å². The Morgan fingerprint density at radius 2 is 1.84 bits per heavy atom. The van der Waals surface area contributed by atoms with Crippen molar-refractivity contribution in [2.45, 2.75) is 58.9 Å². The lowest BCUT2D eigenvalue weighted by Gasteiger charge is -2.27. The maximum absolute atomic E-state index is 13.2. The minimum Gasteiger partial charge on any atom is -0.356 e. The molecule has 25 heavy (non-hydrogen) atoms. The third-order valence-electron chi connectivity index (χ3n) is 4.25. The zero-order chi connectivity index (χ0) is 18.4. The van der Waals surface area contributed by atoms with Gasteiger partial charge in [-0.2, -0.15) is 0 Å². The minimum absolute atomic E-state index is 0.0323. The van der Waals surface area contributed by atoms with E-state index in [1.54, 1.807) is 12.1 Å². The Balaban J connectivity index is 1.83. The molecule has 0 saturated heterocycles. The minimum atomic E-state index is -0.281. The molecule has 4 nitrogen and oxygen atoms in total. The van der Waals surface area contributed by atoms with Gasteiger partial charge in [0.15, 0.2) is 0 Å². The monoisotopic (exact) mass is 348 g/mol. The first kappa shape index (κ1) is 19.4. The summed E-state index contributed by atoms with van der Waals surface area (Å²) in [4.78, 5) is 23.8. The molecule has 2 amide bonds. The van der Waals surface area contributed by atoms with Gasteiger partial charge in [0.1, 0.15) is 5.82 Å². The molecule has 1 fully saturated rings. The highest BCUT2D eigenvalue weighted by Crippen LogP contribution is 2.30. The van der Waals surface area contributed by atoms with Crippen LogP contribution in [0.1, 0.15) is 64.5 Å². The van der Waals surface area contributed by atoms with Crippen LogP contribution >= 0.6 is 0 Å². The van der Waals surface area contributed by atoms with Gasteiger partial charge in [0, 0.05) is 18.9 Å². The number of halogens is 1. The highest BCUT2D eigenvalue weighted by molar-refractivity contribution is 5.81. The zero-order valence-corrected chi connectivity index (χ0v) is 15.4. The normalized spacial score (nSPS) is 15.5. The van der Waals surface area contributed by atoms with Gasteiger partial charge in [0.05, 0.1) is 6.04 Å². The second kappa shape index (κ2) is 8.45. The van der Waals surface area contributed by atoms with Gasteiger partial charge in [-0.25, -0.2) is 4.39 Å². The topological polar surface area (TPSA) is 58.2 Å². The molecule has 2 N–H and O–H groups in total. The molecule has 5 heteroatoms. The van der Waals surface area contributed by atoms with Crippen molar-refractivity contribution in [3.8, 4) is 0 Å². The number of carbonyl (C=O) groups excluding carboxylic acids is 2. The average molecular weight is 348 g/mol. The van der Waals surface area contributed by atoms with Crippen molar-refractivity contribution >= 4 is 11.8 Å². The maximum Gasteiger partial charge on any atom is 0.223 e. The summed E-state index contributed by atoms with van der Waals surface area (Å²) >= 11 is 0. The van der Waals surface area contributed by atoms with Crippen molar-refractivity contribution in [1.82, 2.24) is 10.6 Å². The van der Waals surface area contributed by atoms with Gasteiger partial charge >= 0.3 is 0 Å². The Kier molecular flexibility index (Phi) is 6.57. The Morgan fingerprint density at radius 1 is 1.20 bits per heavy atom. The van der Waals surface area contributed by atoms with Crippen LogP contribution in [0, 0.1) is 17.2 Å². The first-order valence-electron chi connectivity index (χ1n) is 9.07. The number of benzene rings is 1. The smallest absolute Gasteiger partial charge is 0.223 e. The second-order valence-corrected chi connectivity index (χ2v) is 8.11. The van der Waals surface area contributed by atoms with Crippen LogP contribution in [0.15, 0.2) is 24.3 Å².